The monoisotopic (exact) mass is 299 g/mol. The van der Waals surface area contributed by atoms with Gasteiger partial charge < -0.3 is 5.32 Å². The average Bonchev–Trinajstić information content (AvgIpc) is 2.78. The number of nitrogens with zero attached hydrogens (tertiary/aromatic N) is 2. The van der Waals surface area contributed by atoms with E-state index < -0.39 is 22.2 Å². The lowest BCUT2D eigenvalue weighted by Crippen LogP contribution is -2.09. The van der Waals surface area contributed by atoms with Crippen molar-refractivity contribution in [2.24, 2.45) is 0 Å². The summed E-state index contributed by atoms with van der Waals surface area (Å²) < 4.78 is 27.2. The first-order valence-corrected chi connectivity index (χ1v) is 6.63. The number of hydrogen-bond donors (Lipinski definition) is 1. The molecule has 0 aliphatic heterocycles. The minimum atomic E-state index is -0.980. The lowest BCUT2D eigenvalue weighted by atomic mass is 10.2. The Morgan fingerprint density at radius 2 is 2.05 bits per heavy atom. The predicted octanol–water partition coefficient (Wildman–Crippen LogP) is 3.29. The summed E-state index contributed by atoms with van der Waals surface area (Å²) in [7, 11) is 0. The number of nitro benzene ring substituents is 1. The summed E-state index contributed by atoms with van der Waals surface area (Å²) >= 11 is 1.50. The van der Waals surface area contributed by atoms with E-state index in [1.807, 2.05) is 12.3 Å². The predicted molar refractivity (Wildman–Crippen MR) is 72.1 cm³/mol. The molecule has 1 heterocycles. The smallest absolute Gasteiger partial charge is 0.275 e. The molecule has 0 radical (unpaired) electrons. The molecule has 0 saturated carbocycles. The molecule has 0 aliphatic carbocycles. The van der Waals surface area contributed by atoms with Gasteiger partial charge in [0.25, 0.3) is 5.69 Å². The molecule has 20 heavy (non-hydrogen) atoms. The van der Waals surface area contributed by atoms with Crippen LogP contribution >= 0.6 is 11.3 Å². The van der Waals surface area contributed by atoms with E-state index in [-0.39, 0.29) is 12.2 Å². The largest absolute Gasteiger partial charge is 0.380 e. The summed E-state index contributed by atoms with van der Waals surface area (Å²) in [5.74, 6) is -1.96. The van der Waals surface area contributed by atoms with Gasteiger partial charge in [0.05, 0.1) is 27.8 Å². The maximum atomic E-state index is 13.6. The number of aromatic nitrogens is 1. The summed E-state index contributed by atoms with van der Waals surface area (Å²) in [6, 6.07) is 1.39. The SMILES string of the molecule is Cc1nc(CCNc2c(F)cc([N+](=O)[O-])cc2F)cs1. The van der Waals surface area contributed by atoms with Gasteiger partial charge in [0.1, 0.15) is 5.69 Å². The van der Waals surface area contributed by atoms with E-state index in [0.29, 0.717) is 18.6 Å². The third-order valence-electron chi connectivity index (χ3n) is 2.59. The second-order valence-corrected chi connectivity index (χ2v) is 5.14. The number of thiazole rings is 1. The summed E-state index contributed by atoms with van der Waals surface area (Å²) in [4.78, 5) is 13.8. The average molecular weight is 299 g/mol. The number of non-ortho nitro benzene ring substituents is 1. The Morgan fingerprint density at radius 1 is 1.40 bits per heavy atom. The van der Waals surface area contributed by atoms with Crippen molar-refractivity contribution in [1.82, 2.24) is 4.98 Å². The van der Waals surface area contributed by atoms with E-state index >= 15 is 0 Å². The Hall–Kier alpha value is -2.09. The van der Waals surface area contributed by atoms with Crippen molar-refractivity contribution in [1.29, 1.82) is 0 Å². The van der Waals surface area contributed by atoms with E-state index in [2.05, 4.69) is 10.3 Å². The molecule has 1 N–H and O–H groups in total. The van der Waals surface area contributed by atoms with Crippen LogP contribution < -0.4 is 5.32 Å². The van der Waals surface area contributed by atoms with Gasteiger partial charge in [-0.3, -0.25) is 10.1 Å². The van der Waals surface area contributed by atoms with Crippen molar-refractivity contribution in [2.45, 2.75) is 13.3 Å². The Balaban J connectivity index is 2.04. The van der Waals surface area contributed by atoms with Gasteiger partial charge in [-0.1, -0.05) is 0 Å². The second-order valence-electron chi connectivity index (χ2n) is 4.08. The maximum Gasteiger partial charge on any atom is 0.275 e. The first-order chi connectivity index (χ1) is 9.47. The Bertz CT molecular complexity index is 622. The Morgan fingerprint density at radius 3 is 2.55 bits per heavy atom. The van der Waals surface area contributed by atoms with Gasteiger partial charge in [-0.15, -0.1) is 11.3 Å². The van der Waals surface area contributed by atoms with Crippen LogP contribution in [0, 0.1) is 28.7 Å². The molecule has 5 nitrogen and oxygen atoms in total. The van der Waals surface area contributed by atoms with Crippen LogP contribution in [0.15, 0.2) is 17.5 Å². The summed E-state index contributed by atoms with van der Waals surface area (Å²) in [6.07, 6.45) is 0.514. The molecule has 0 spiro atoms. The Kier molecular flexibility index (Phi) is 4.23. The van der Waals surface area contributed by atoms with Gasteiger partial charge in [0.2, 0.25) is 0 Å². The maximum absolute atomic E-state index is 13.6. The van der Waals surface area contributed by atoms with Crippen molar-refractivity contribution >= 4 is 22.7 Å². The highest BCUT2D eigenvalue weighted by atomic mass is 32.1. The number of rotatable bonds is 5. The zero-order chi connectivity index (χ0) is 14.7. The van der Waals surface area contributed by atoms with Gasteiger partial charge in [-0.2, -0.15) is 0 Å². The Labute approximate surface area is 117 Å². The van der Waals surface area contributed by atoms with Crippen LogP contribution in [0.1, 0.15) is 10.7 Å². The fourth-order valence-electron chi connectivity index (χ4n) is 1.67. The van der Waals surface area contributed by atoms with E-state index in [0.717, 1.165) is 10.7 Å². The molecule has 0 aliphatic rings. The number of nitrogens with one attached hydrogen (secondary N) is 1. The van der Waals surface area contributed by atoms with E-state index in [4.69, 9.17) is 0 Å². The highest BCUT2D eigenvalue weighted by Gasteiger charge is 2.16. The van der Waals surface area contributed by atoms with Crippen LogP contribution in [0.4, 0.5) is 20.2 Å². The van der Waals surface area contributed by atoms with Gasteiger partial charge in [0.15, 0.2) is 11.6 Å². The summed E-state index contributed by atoms with van der Waals surface area (Å²) in [5, 5.41) is 15.9. The van der Waals surface area contributed by atoms with Crippen molar-refractivity contribution in [2.75, 3.05) is 11.9 Å². The number of nitro groups is 1. The van der Waals surface area contributed by atoms with Crippen molar-refractivity contribution in [3.05, 3.63) is 50.0 Å². The molecule has 1 aromatic carbocycles. The highest BCUT2D eigenvalue weighted by molar-refractivity contribution is 7.09. The van der Waals surface area contributed by atoms with Crippen LogP contribution in [0.25, 0.3) is 0 Å². The lowest BCUT2D eigenvalue weighted by molar-refractivity contribution is -0.385. The minimum absolute atomic E-state index is 0.287. The standard InChI is InChI=1S/C12H11F2N3O2S/c1-7-16-8(6-20-7)2-3-15-12-10(13)4-9(17(18)19)5-11(12)14/h4-6,15H,2-3H2,1H3. The third-order valence-corrected chi connectivity index (χ3v) is 3.41. The zero-order valence-corrected chi connectivity index (χ0v) is 11.3. The van der Waals surface area contributed by atoms with E-state index in [1.54, 1.807) is 0 Å². The highest BCUT2D eigenvalue weighted by Crippen LogP contribution is 2.24. The number of anilines is 1. The van der Waals surface area contributed by atoms with Gasteiger partial charge in [-0.25, -0.2) is 13.8 Å². The molecule has 1 aromatic heterocycles. The summed E-state index contributed by atoms with van der Waals surface area (Å²) in [6.45, 7) is 2.16. The quantitative estimate of drug-likeness (QED) is 0.679. The fraction of sp³-hybridized carbons (Fsp3) is 0.250. The molecule has 0 bridgehead atoms. The van der Waals surface area contributed by atoms with Crippen LogP contribution in [-0.2, 0) is 6.42 Å². The van der Waals surface area contributed by atoms with Crippen molar-refractivity contribution < 1.29 is 13.7 Å². The topological polar surface area (TPSA) is 68.1 Å². The molecule has 0 atom stereocenters. The molecule has 2 aromatic rings. The molecule has 2 rings (SSSR count). The number of aryl methyl sites for hydroxylation is 1. The summed E-state index contributed by atoms with van der Waals surface area (Å²) in [5.41, 5.74) is -0.133. The van der Waals surface area contributed by atoms with Gasteiger partial charge in [0, 0.05) is 18.3 Å². The fourth-order valence-corrected chi connectivity index (χ4v) is 2.32. The first kappa shape index (κ1) is 14.3. The van der Waals surface area contributed by atoms with E-state index in [9.17, 15) is 18.9 Å². The molecule has 106 valence electrons. The second kappa shape index (κ2) is 5.91. The van der Waals surface area contributed by atoms with Gasteiger partial charge in [-0.05, 0) is 6.92 Å². The van der Waals surface area contributed by atoms with Crippen molar-refractivity contribution in [3.8, 4) is 0 Å². The van der Waals surface area contributed by atoms with E-state index in [1.165, 1.54) is 11.3 Å². The molecule has 0 saturated heterocycles. The zero-order valence-electron chi connectivity index (χ0n) is 10.5. The molecular formula is C12H11F2N3O2S. The van der Waals surface area contributed by atoms with Crippen LogP contribution in [-0.4, -0.2) is 16.5 Å². The molecule has 8 heteroatoms. The number of halogens is 2. The molecular weight excluding hydrogens is 288 g/mol. The van der Waals surface area contributed by atoms with Crippen LogP contribution in [0.2, 0.25) is 0 Å². The molecule has 0 amide bonds. The normalized spacial score (nSPS) is 10.6. The van der Waals surface area contributed by atoms with Gasteiger partial charge >= 0.3 is 0 Å². The van der Waals surface area contributed by atoms with Crippen LogP contribution in [0.5, 0.6) is 0 Å². The molecule has 0 unspecified atom stereocenters. The van der Waals surface area contributed by atoms with Crippen LogP contribution in [0.3, 0.4) is 0 Å². The first-order valence-electron chi connectivity index (χ1n) is 5.75. The third kappa shape index (κ3) is 3.27. The lowest BCUT2D eigenvalue weighted by Gasteiger charge is -2.07. The molecule has 0 fully saturated rings. The minimum Gasteiger partial charge on any atom is -0.380 e. The number of hydrogen-bond acceptors (Lipinski definition) is 5. The number of benzene rings is 1. The van der Waals surface area contributed by atoms with Crippen molar-refractivity contribution in [3.63, 3.8) is 0 Å².